The number of benzene rings is 1. The molecule has 0 aromatic heterocycles. The molecule has 0 amide bonds. The Labute approximate surface area is 106 Å². The topological polar surface area (TPSA) is 52.6 Å². The van der Waals surface area contributed by atoms with Gasteiger partial charge in [-0.1, -0.05) is 12.2 Å². The van der Waals surface area contributed by atoms with Gasteiger partial charge in [-0.3, -0.25) is 0 Å². The van der Waals surface area contributed by atoms with E-state index in [0.29, 0.717) is 11.5 Å². The number of rotatable bonds is 4. The van der Waals surface area contributed by atoms with Crippen LogP contribution in [0.4, 0.5) is 0 Å². The van der Waals surface area contributed by atoms with Crippen LogP contribution < -0.4 is 9.47 Å². The highest BCUT2D eigenvalue weighted by atomic mass is 16.5. The van der Waals surface area contributed by atoms with E-state index in [1.54, 1.807) is 50.3 Å². The fourth-order valence-electron chi connectivity index (χ4n) is 1.15. The molecule has 0 N–H and O–H groups in total. The summed E-state index contributed by atoms with van der Waals surface area (Å²) in [5.74, 6) is -0.111. The zero-order valence-corrected chi connectivity index (χ0v) is 10.3. The summed E-state index contributed by atoms with van der Waals surface area (Å²) < 4.78 is 9.96. The van der Waals surface area contributed by atoms with Crippen LogP contribution in [0.5, 0.6) is 11.5 Å². The fourth-order valence-corrected chi connectivity index (χ4v) is 1.15. The number of carbonyl (C=O) groups excluding carboxylic acids is 2. The van der Waals surface area contributed by atoms with E-state index in [4.69, 9.17) is 9.47 Å². The van der Waals surface area contributed by atoms with Gasteiger partial charge in [0.1, 0.15) is 11.5 Å². The van der Waals surface area contributed by atoms with Crippen molar-refractivity contribution in [3.8, 4) is 11.5 Å². The van der Waals surface area contributed by atoms with Gasteiger partial charge in [0, 0.05) is 12.2 Å². The van der Waals surface area contributed by atoms with Crippen LogP contribution >= 0.6 is 0 Å². The Morgan fingerprint density at radius 3 is 1.44 bits per heavy atom. The van der Waals surface area contributed by atoms with Gasteiger partial charge in [0.15, 0.2) is 0 Å². The molecule has 0 unspecified atom stereocenters. The number of hydrogen-bond acceptors (Lipinski definition) is 4. The highest BCUT2D eigenvalue weighted by molar-refractivity contribution is 5.84. The number of allylic oxidation sites excluding steroid dienone is 2. The zero-order chi connectivity index (χ0) is 13.4. The molecular formula is C14H14O4. The minimum Gasteiger partial charge on any atom is -0.423 e. The van der Waals surface area contributed by atoms with Gasteiger partial charge in [-0.2, -0.15) is 0 Å². The summed E-state index contributed by atoms with van der Waals surface area (Å²) in [4.78, 5) is 22.3. The van der Waals surface area contributed by atoms with Crippen molar-refractivity contribution in [1.82, 2.24) is 0 Å². The maximum Gasteiger partial charge on any atom is 0.335 e. The maximum absolute atomic E-state index is 11.2. The van der Waals surface area contributed by atoms with Gasteiger partial charge >= 0.3 is 11.9 Å². The molecular weight excluding hydrogens is 232 g/mol. The molecule has 0 bridgehead atoms. The molecule has 0 radical (unpaired) electrons. The number of carbonyl (C=O) groups is 2. The van der Waals surface area contributed by atoms with Gasteiger partial charge in [-0.25, -0.2) is 9.59 Å². The summed E-state index contributed by atoms with van der Waals surface area (Å²) in [6, 6.07) is 6.22. The van der Waals surface area contributed by atoms with Crippen LogP contribution in [0.1, 0.15) is 13.8 Å². The summed E-state index contributed by atoms with van der Waals surface area (Å²) in [7, 11) is 0. The maximum atomic E-state index is 11.2. The first-order chi connectivity index (χ1) is 8.65. The van der Waals surface area contributed by atoms with E-state index in [1.165, 1.54) is 12.2 Å². The average molecular weight is 246 g/mol. The van der Waals surface area contributed by atoms with E-state index >= 15 is 0 Å². The predicted octanol–water partition coefficient (Wildman–Crippen LogP) is 2.65. The van der Waals surface area contributed by atoms with Gasteiger partial charge in [-0.05, 0) is 38.1 Å². The highest BCUT2D eigenvalue weighted by Crippen LogP contribution is 2.18. The van der Waals surface area contributed by atoms with Crippen LogP contribution in [0.3, 0.4) is 0 Å². The van der Waals surface area contributed by atoms with Crippen molar-refractivity contribution < 1.29 is 19.1 Å². The standard InChI is InChI=1S/C14H14O4/c1-3-5-13(15)17-11-7-9-12(10-8-11)18-14(16)6-4-2/h3-10H,1-2H3. The van der Waals surface area contributed by atoms with Crippen LogP contribution in [0, 0.1) is 0 Å². The lowest BCUT2D eigenvalue weighted by Crippen LogP contribution is -2.05. The van der Waals surface area contributed by atoms with Crippen molar-refractivity contribution in [2.24, 2.45) is 0 Å². The Bertz CT molecular complexity index is 424. The summed E-state index contributed by atoms with van der Waals surface area (Å²) in [6.45, 7) is 3.45. The first-order valence-electron chi connectivity index (χ1n) is 5.44. The van der Waals surface area contributed by atoms with Crippen molar-refractivity contribution in [1.29, 1.82) is 0 Å². The van der Waals surface area contributed by atoms with Crippen molar-refractivity contribution in [3.63, 3.8) is 0 Å². The van der Waals surface area contributed by atoms with Gasteiger partial charge < -0.3 is 9.47 Å². The summed E-state index contributed by atoms with van der Waals surface area (Å²) in [5, 5.41) is 0. The second-order valence-electron chi connectivity index (χ2n) is 3.31. The molecule has 0 saturated heterocycles. The van der Waals surface area contributed by atoms with Crippen molar-refractivity contribution >= 4 is 11.9 Å². The van der Waals surface area contributed by atoms with E-state index in [2.05, 4.69) is 0 Å². The summed E-state index contributed by atoms with van der Waals surface area (Å²) >= 11 is 0. The molecule has 0 aliphatic heterocycles. The second-order valence-corrected chi connectivity index (χ2v) is 3.31. The Hall–Kier alpha value is -2.36. The van der Waals surface area contributed by atoms with Crippen molar-refractivity contribution in [3.05, 3.63) is 48.6 Å². The normalized spacial score (nSPS) is 10.8. The number of esters is 2. The molecule has 0 saturated carbocycles. The van der Waals surface area contributed by atoms with Crippen LogP contribution in [0.2, 0.25) is 0 Å². The third-order valence-corrected chi connectivity index (χ3v) is 1.87. The minimum atomic E-state index is -0.448. The minimum absolute atomic E-state index is 0.393. The number of hydrogen-bond donors (Lipinski definition) is 0. The van der Waals surface area contributed by atoms with E-state index in [9.17, 15) is 9.59 Å². The Balaban J connectivity index is 2.62. The molecule has 1 aromatic carbocycles. The molecule has 0 aliphatic rings. The van der Waals surface area contributed by atoms with Crippen molar-refractivity contribution in [2.75, 3.05) is 0 Å². The van der Waals surface area contributed by atoms with Crippen LogP contribution in [-0.2, 0) is 9.59 Å². The van der Waals surface area contributed by atoms with E-state index in [0.717, 1.165) is 0 Å². The van der Waals surface area contributed by atoms with Crippen LogP contribution in [0.25, 0.3) is 0 Å². The lowest BCUT2D eigenvalue weighted by atomic mass is 10.3. The molecule has 0 aliphatic carbocycles. The molecule has 4 heteroatoms. The number of ether oxygens (including phenoxy) is 2. The SMILES string of the molecule is CC=CC(=O)Oc1ccc(OC(=O)C=CC)cc1. The van der Waals surface area contributed by atoms with Gasteiger partial charge in [0.25, 0.3) is 0 Å². The van der Waals surface area contributed by atoms with Gasteiger partial charge in [-0.15, -0.1) is 0 Å². The molecule has 1 rings (SSSR count). The monoisotopic (exact) mass is 246 g/mol. The predicted molar refractivity (Wildman–Crippen MR) is 67.3 cm³/mol. The quantitative estimate of drug-likeness (QED) is 0.465. The highest BCUT2D eigenvalue weighted by Gasteiger charge is 2.02. The van der Waals surface area contributed by atoms with Crippen LogP contribution in [0.15, 0.2) is 48.6 Å². The molecule has 4 nitrogen and oxygen atoms in total. The Morgan fingerprint density at radius 2 is 1.17 bits per heavy atom. The molecule has 0 fully saturated rings. The van der Waals surface area contributed by atoms with E-state index in [-0.39, 0.29) is 0 Å². The lowest BCUT2D eigenvalue weighted by molar-refractivity contribution is -0.130. The summed E-state index contributed by atoms with van der Waals surface area (Å²) in [6.07, 6.45) is 5.82. The third kappa shape index (κ3) is 4.65. The van der Waals surface area contributed by atoms with Crippen LogP contribution in [-0.4, -0.2) is 11.9 Å². The van der Waals surface area contributed by atoms with Gasteiger partial charge in [0.05, 0.1) is 0 Å². The first kappa shape index (κ1) is 13.7. The fraction of sp³-hybridized carbons (Fsp3) is 0.143. The molecule has 18 heavy (non-hydrogen) atoms. The molecule has 0 heterocycles. The third-order valence-electron chi connectivity index (χ3n) is 1.87. The van der Waals surface area contributed by atoms with Gasteiger partial charge in [0.2, 0.25) is 0 Å². The zero-order valence-electron chi connectivity index (χ0n) is 10.3. The Kier molecular flexibility index (Phi) is 5.38. The molecule has 94 valence electrons. The molecule has 1 aromatic rings. The average Bonchev–Trinajstić information content (AvgIpc) is 2.32. The lowest BCUT2D eigenvalue weighted by Gasteiger charge is -2.03. The van der Waals surface area contributed by atoms with Crippen molar-refractivity contribution in [2.45, 2.75) is 13.8 Å². The summed E-state index contributed by atoms with van der Waals surface area (Å²) in [5.41, 5.74) is 0. The molecule has 0 spiro atoms. The Morgan fingerprint density at radius 1 is 0.833 bits per heavy atom. The largest absolute Gasteiger partial charge is 0.423 e. The second kappa shape index (κ2) is 7.06. The van der Waals surface area contributed by atoms with E-state index < -0.39 is 11.9 Å². The smallest absolute Gasteiger partial charge is 0.335 e. The first-order valence-corrected chi connectivity index (χ1v) is 5.44. The molecule has 0 atom stereocenters. The van der Waals surface area contributed by atoms with E-state index in [1.807, 2.05) is 0 Å².